The van der Waals surface area contributed by atoms with E-state index in [1.54, 1.807) is 0 Å². The summed E-state index contributed by atoms with van der Waals surface area (Å²) in [5.41, 5.74) is -0.849. The van der Waals surface area contributed by atoms with Crippen molar-refractivity contribution in [2.45, 2.75) is 19.8 Å². The lowest BCUT2D eigenvalue weighted by atomic mass is 9.64. The van der Waals surface area contributed by atoms with Crippen molar-refractivity contribution in [2.75, 3.05) is 10.7 Å². The molecule has 2 aliphatic rings. The number of carbonyl (C=O) groups excluding carboxylic acids is 2. The van der Waals surface area contributed by atoms with Crippen LogP contribution in [0.25, 0.3) is 0 Å². The average Bonchev–Trinajstić information content (AvgIpc) is 2.44. The van der Waals surface area contributed by atoms with Crippen molar-refractivity contribution in [1.29, 1.82) is 0 Å². The molecule has 1 aliphatic heterocycles. The van der Waals surface area contributed by atoms with E-state index in [1.165, 1.54) is 0 Å². The minimum atomic E-state index is -0.533. The number of hydrogen-bond acceptors (Lipinski definition) is 3. The Balaban J connectivity index is 2.53. The van der Waals surface area contributed by atoms with Gasteiger partial charge in [-0.25, -0.2) is 0 Å². The van der Waals surface area contributed by atoms with Crippen LogP contribution in [0.4, 0.5) is 0 Å². The van der Waals surface area contributed by atoms with Crippen LogP contribution >= 0.6 is 31.9 Å². The molecule has 1 heterocycles. The second-order valence-corrected chi connectivity index (χ2v) is 5.69. The van der Waals surface area contributed by atoms with Gasteiger partial charge in [-0.1, -0.05) is 38.8 Å². The third-order valence-corrected chi connectivity index (χ3v) is 6.22. The first kappa shape index (κ1) is 11.6. The molecular weight excluding hydrogens is 328 g/mol. The van der Waals surface area contributed by atoms with Crippen LogP contribution in [0.5, 0.6) is 0 Å². The third-order valence-electron chi connectivity index (χ3n) is 4.10. The topological polar surface area (TPSA) is 43.4 Å². The molecule has 3 atom stereocenters. The van der Waals surface area contributed by atoms with Gasteiger partial charge in [0, 0.05) is 16.1 Å². The molecule has 1 saturated heterocycles. The van der Waals surface area contributed by atoms with Crippen LogP contribution in [0.3, 0.4) is 0 Å². The normalized spacial score (nSPS) is 44.3. The fraction of sp³-hybridized carbons (Fsp3) is 0.800. The molecule has 5 heteroatoms. The zero-order chi connectivity index (χ0) is 11.3. The lowest BCUT2D eigenvalue weighted by Crippen LogP contribution is -2.55. The number of halogens is 2. The Morgan fingerprint density at radius 3 is 2.60 bits per heavy atom. The quantitative estimate of drug-likeness (QED) is 0.440. The Hall–Kier alpha value is 0.1000. The van der Waals surface area contributed by atoms with Gasteiger partial charge in [-0.05, 0) is 12.8 Å². The maximum Gasteiger partial charge on any atom is 0.321 e. The Labute approximate surface area is 105 Å². The number of ether oxygens (including phenoxy) is 1. The standard InChI is InChI=1S/C10H12Br2O3/c1-9(4-11)6-2-3-10(9,5-12)8(14)15-7(6)13/h6H,2-5H2,1H3/t6-,9+,10-/m0/s1. The van der Waals surface area contributed by atoms with Crippen molar-refractivity contribution in [3.05, 3.63) is 0 Å². The van der Waals surface area contributed by atoms with E-state index in [9.17, 15) is 9.59 Å². The van der Waals surface area contributed by atoms with Crippen molar-refractivity contribution in [3.63, 3.8) is 0 Å². The van der Waals surface area contributed by atoms with E-state index in [0.29, 0.717) is 10.7 Å². The third kappa shape index (κ3) is 1.22. The van der Waals surface area contributed by atoms with Crippen LogP contribution in [0.15, 0.2) is 0 Å². The second kappa shape index (κ2) is 3.55. The molecule has 0 amide bonds. The molecule has 0 aromatic carbocycles. The Bertz CT molecular complexity index is 331. The molecule has 2 bridgehead atoms. The molecule has 2 fully saturated rings. The lowest BCUT2D eigenvalue weighted by molar-refractivity contribution is -0.184. The summed E-state index contributed by atoms with van der Waals surface area (Å²) in [5.74, 6) is -0.858. The van der Waals surface area contributed by atoms with Crippen LogP contribution in [-0.2, 0) is 14.3 Å². The molecule has 0 radical (unpaired) electrons. The molecule has 0 N–H and O–H groups in total. The number of fused-ring (bicyclic) bond motifs is 2. The van der Waals surface area contributed by atoms with Crippen molar-refractivity contribution >= 4 is 43.8 Å². The van der Waals surface area contributed by atoms with Gasteiger partial charge in [0.05, 0.1) is 11.3 Å². The van der Waals surface area contributed by atoms with Gasteiger partial charge in [-0.15, -0.1) is 0 Å². The SMILES string of the molecule is C[C@@]1(CBr)[C@H]2CC[C@]1(CBr)C(=O)OC2=O. The highest BCUT2D eigenvalue weighted by atomic mass is 79.9. The predicted octanol–water partition coefficient (Wildman–Crippen LogP) is 2.26. The van der Waals surface area contributed by atoms with Crippen LogP contribution in [0, 0.1) is 16.7 Å². The van der Waals surface area contributed by atoms with E-state index in [2.05, 4.69) is 31.9 Å². The van der Waals surface area contributed by atoms with E-state index in [-0.39, 0.29) is 23.3 Å². The van der Waals surface area contributed by atoms with Gasteiger partial charge in [0.25, 0.3) is 0 Å². The molecule has 1 saturated carbocycles. The van der Waals surface area contributed by atoms with E-state index < -0.39 is 5.41 Å². The molecule has 1 aliphatic carbocycles. The summed E-state index contributed by atoms with van der Waals surface area (Å²) in [6.07, 6.45) is 1.48. The zero-order valence-corrected chi connectivity index (χ0v) is 11.6. The largest absolute Gasteiger partial charge is 0.392 e. The summed E-state index contributed by atoms with van der Waals surface area (Å²) in [6, 6.07) is 0. The smallest absolute Gasteiger partial charge is 0.321 e. The summed E-state index contributed by atoms with van der Waals surface area (Å²) >= 11 is 6.84. The molecule has 0 aromatic rings. The van der Waals surface area contributed by atoms with Crippen LogP contribution in [-0.4, -0.2) is 22.6 Å². The van der Waals surface area contributed by atoms with Gasteiger partial charge in [0.2, 0.25) is 0 Å². The van der Waals surface area contributed by atoms with Crippen LogP contribution < -0.4 is 0 Å². The number of alkyl halides is 2. The molecular formula is C10H12Br2O3. The Morgan fingerprint density at radius 1 is 1.40 bits per heavy atom. The van der Waals surface area contributed by atoms with Gasteiger partial charge in [-0.2, -0.15) is 0 Å². The highest BCUT2D eigenvalue weighted by molar-refractivity contribution is 9.09. The van der Waals surface area contributed by atoms with E-state index in [1.807, 2.05) is 6.92 Å². The predicted molar refractivity (Wildman–Crippen MR) is 62.0 cm³/mol. The van der Waals surface area contributed by atoms with Gasteiger partial charge < -0.3 is 4.74 Å². The number of cyclic esters (lactones) is 2. The van der Waals surface area contributed by atoms with Crippen molar-refractivity contribution < 1.29 is 14.3 Å². The molecule has 0 spiro atoms. The molecule has 2 rings (SSSR count). The van der Waals surface area contributed by atoms with Crippen molar-refractivity contribution in [3.8, 4) is 0 Å². The van der Waals surface area contributed by atoms with Crippen LogP contribution in [0.2, 0.25) is 0 Å². The van der Waals surface area contributed by atoms with E-state index in [4.69, 9.17) is 4.74 Å². The fourth-order valence-electron chi connectivity index (χ4n) is 2.80. The van der Waals surface area contributed by atoms with Crippen molar-refractivity contribution in [2.24, 2.45) is 16.7 Å². The Kier molecular flexibility index (Phi) is 2.74. The second-order valence-electron chi connectivity index (χ2n) is 4.57. The van der Waals surface area contributed by atoms with Gasteiger partial charge >= 0.3 is 11.9 Å². The summed E-state index contributed by atoms with van der Waals surface area (Å²) in [7, 11) is 0. The summed E-state index contributed by atoms with van der Waals surface area (Å²) in [4.78, 5) is 23.5. The molecule has 0 aromatic heterocycles. The molecule has 3 nitrogen and oxygen atoms in total. The lowest BCUT2D eigenvalue weighted by Gasteiger charge is -2.44. The van der Waals surface area contributed by atoms with Gasteiger partial charge in [-0.3, -0.25) is 9.59 Å². The zero-order valence-electron chi connectivity index (χ0n) is 8.39. The number of esters is 2. The first-order valence-electron chi connectivity index (χ1n) is 4.90. The minimum Gasteiger partial charge on any atom is -0.392 e. The summed E-state index contributed by atoms with van der Waals surface area (Å²) < 4.78 is 4.84. The summed E-state index contributed by atoms with van der Waals surface area (Å²) in [5, 5.41) is 1.21. The number of rotatable bonds is 2. The highest BCUT2D eigenvalue weighted by Crippen LogP contribution is 2.61. The first-order valence-corrected chi connectivity index (χ1v) is 7.14. The van der Waals surface area contributed by atoms with Crippen LogP contribution in [0.1, 0.15) is 19.8 Å². The monoisotopic (exact) mass is 338 g/mol. The average molecular weight is 340 g/mol. The van der Waals surface area contributed by atoms with E-state index >= 15 is 0 Å². The fourth-order valence-corrected chi connectivity index (χ4v) is 4.87. The first-order chi connectivity index (χ1) is 7.02. The highest BCUT2D eigenvalue weighted by Gasteiger charge is 2.67. The minimum absolute atomic E-state index is 0.146. The van der Waals surface area contributed by atoms with Gasteiger partial charge in [0.15, 0.2) is 0 Å². The summed E-state index contributed by atoms with van der Waals surface area (Å²) in [6.45, 7) is 2.00. The van der Waals surface area contributed by atoms with Crippen molar-refractivity contribution in [1.82, 2.24) is 0 Å². The number of carbonyl (C=O) groups is 2. The molecule has 15 heavy (non-hydrogen) atoms. The van der Waals surface area contributed by atoms with Gasteiger partial charge in [0.1, 0.15) is 0 Å². The molecule has 0 unspecified atom stereocenters. The maximum absolute atomic E-state index is 11.9. The molecule has 84 valence electrons. The number of hydrogen-bond donors (Lipinski definition) is 0. The maximum atomic E-state index is 11.9. The Morgan fingerprint density at radius 2 is 2.07 bits per heavy atom. The van der Waals surface area contributed by atoms with E-state index in [0.717, 1.165) is 12.8 Å².